The average Bonchev–Trinajstić information content (AvgIpc) is 3.43. The SMILES string of the molecule is CCNC(=NCCc1ccc(NC(C)=O)cc1)N(C)CCOCC1CC1.I. The van der Waals surface area contributed by atoms with Gasteiger partial charge in [-0.2, -0.15) is 0 Å². The van der Waals surface area contributed by atoms with E-state index in [1.165, 1.54) is 25.3 Å². The van der Waals surface area contributed by atoms with E-state index in [0.717, 1.165) is 56.8 Å². The van der Waals surface area contributed by atoms with Crippen molar-refractivity contribution < 1.29 is 9.53 Å². The van der Waals surface area contributed by atoms with Crippen LogP contribution < -0.4 is 10.6 Å². The maximum Gasteiger partial charge on any atom is 0.221 e. The molecule has 0 radical (unpaired) electrons. The standard InChI is InChI=1S/C20H32N4O2.HI/c1-4-21-20(24(3)13-14-26-15-18-5-6-18)22-12-11-17-7-9-19(10-8-17)23-16(2)25;/h7-10,18H,4-6,11-15H2,1-3H3,(H,21,22)(H,23,25);1H. The molecule has 0 saturated heterocycles. The first-order chi connectivity index (χ1) is 12.6. The van der Waals surface area contributed by atoms with Crippen LogP contribution in [0, 0.1) is 5.92 Å². The van der Waals surface area contributed by atoms with Gasteiger partial charge in [0.05, 0.1) is 6.61 Å². The first-order valence-corrected chi connectivity index (χ1v) is 9.52. The highest BCUT2D eigenvalue weighted by Gasteiger charge is 2.21. The van der Waals surface area contributed by atoms with Crippen LogP contribution in [-0.4, -0.2) is 56.7 Å². The predicted octanol–water partition coefficient (Wildman–Crippen LogP) is 3.13. The lowest BCUT2D eigenvalue weighted by atomic mass is 10.1. The molecule has 2 rings (SSSR count). The highest BCUT2D eigenvalue weighted by molar-refractivity contribution is 14.0. The van der Waals surface area contributed by atoms with Gasteiger partial charge in [-0.15, -0.1) is 24.0 Å². The summed E-state index contributed by atoms with van der Waals surface area (Å²) < 4.78 is 5.71. The molecule has 7 heteroatoms. The second-order valence-corrected chi connectivity index (χ2v) is 6.80. The van der Waals surface area contributed by atoms with E-state index in [2.05, 4.69) is 22.5 Å². The molecule has 0 heterocycles. The van der Waals surface area contributed by atoms with E-state index < -0.39 is 0 Å². The maximum atomic E-state index is 11.1. The summed E-state index contributed by atoms with van der Waals surface area (Å²) in [7, 11) is 2.05. The number of nitrogens with one attached hydrogen (secondary N) is 2. The Bertz CT molecular complexity index is 588. The Morgan fingerprint density at radius 3 is 2.59 bits per heavy atom. The van der Waals surface area contributed by atoms with Gasteiger partial charge in [0, 0.05) is 45.9 Å². The van der Waals surface area contributed by atoms with Crippen LogP contribution in [0.2, 0.25) is 0 Å². The summed E-state index contributed by atoms with van der Waals surface area (Å²) in [6.07, 6.45) is 3.51. The molecule has 1 saturated carbocycles. The van der Waals surface area contributed by atoms with Gasteiger partial charge in [0.15, 0.2) is 5.96 Å². The zero-order valence-electron chi connectivity index (χ0n) is 16.7. The normalized spacial score (nSPS) is 13.7. The average molecular weight is 488 g/mol. The molecule has 0 unspecified atom stereocenters. The fraction of sp³-hybridized carbons (Fsp3) is 0.600. The summed E-state index contributed by atoms with van der Waals surface area (Å²) in [4.78, 5) is 17.9. The summed E-state index contributed by atoms with van der Waals surface area (Å²) in [5.74, 6) is 1.67. The zero-order valence-corrected chi connectivity index (χ0v) is 19.0. The monoisotopic (exact) mass is 488 g/mol. The van der Waals surface area contributed by atoms with Crippen molar-refractivity contribution in [1.82, 2.24) is 10.2 Å². The van der Waals surface area contributed by atoms with Crippen LogP contribution in [-0.2, 0) is 16.0 Å². The molecule has 0 aromatic heterocycles. The van der Waals surface area contributed by atoms with E-state index in [4.69, 9.17) is 9.73 Å². The van der Waals surface area contributed by atoms with Crippen molar-refractivity contribution in [2.45, 2.75) is 33.1 Å². The fourth-order valence-corrected chi connectivity index (χ4v) is 2.56. The van der Waals surface area contributed by atoms with Crippen LogP contribution in [0.5, 0.6) is 0 Å². The number of carbonyl (C=O) groups is 1. The Balaban J connectivity index is 0.00000364. The number of hydrogen-bond donors (Lipinski definition) is 2. The van der Waals surface area contributed by atoms with Crippen molar-refractivity contribution in [3.8, 4) is 0 Å². The van der Waals surface area contributed by atoms with E-state index in [1.807, 2.05) is 31.3 Å². The Labute approximate surface area is 180 Å². The number of guanidine groups is 1. The molecule has 6 nitrogen and oxygen atoms in total. The molecule has 0 atom stereocenters. The second-order valence-electron chi connectivity index (χ2n) is 6.80. The summed E-state index contributed by atoms with van der Waals surface area (Å²) in [5, 5.41) is 6.11. The van der Waals surface area contributed by atoms with Crippen molar-refractivity contribution in [1.29, 1.82) is 0 Å². The maximum absolute atomic E-state index is 11.1. The molecule has 1 aromatic carbocycles. The van der Waals surface area contributed by atoms with Gasteiger partial charge < -0.3 is 20.3 Å². The minimum atomic E-state index is -0.0539. The van der Waals surface area contributed by atoms with Crippen molar-refractivity contribution in [2.24, 2.45) is 10.9 Å². The number of nitrogens with zero attached hydrogens (tertiary/aromatic N) is 2. The molecule has 1 fully saturated rings. The highest BCUT2D eigenvalue weighted by atomic mass is 127. The molecule has 2 N–H and O–H groups in total. The Hall–Kier alpha value is -1.35. The number of amides is 1. The smallest absolute Gasteiger partial charge is 0.221 e. The summed E-state index contributed by atoms with van der Waals surface area (Å²) in [6.45, 7) is 7.63. The van der Waals surface area contributed by atoms with Crippen LogP contribution in [0.4, 0.5) is 5.69 Å². The quantitative estimate of drug-likeness (QED) is 0.230. The van der Waals surface area contributed by atoms with Crippen molar-refractivity contribution in [3.05, 3.63) is 29.8 Å². The Morgan fingerprint density at radius 2 is 2.00 bits per heavy atom. The molecule has 1 aliphatic rings. The van der Waals surface area contributed by atoms with Crippen LogP contribution in [0.25, 0.3) is 0 Å². The molecule has 0 aliphatic heterocycles. The van der Waals surface area contributed by atoms with Gasteiger partial charge in [-0.3, -0.25) is 9.79 Å². The van der Waals surface area contributed by atoms with Gasteiger partial charge in [0.2, 0.25) is 5.91 Å². The lowest BCUT2D eigenvalue weighted by Crippen LogP contribution is -2.40. The topological polar surface area (TPSA) is 66.0 Å². The Kier molecular flexibility index (Phi) is 11.3. The third-order valence-electron chi connectivity index (χ3n) is 4.25. The molecule has 0 bridgehead atoms. The lowest BCUT2D eigenvalue weighted by molar-refractivity contribution is -0.114. The molecule has 27 heavy (non-hydrogen) atoms. The molecule has 152 valence electrons. The number of carbonyl (C=O) groups excluding carboxylic acids is 1. The van der Waals surface area contributed by atoms with E-state index in [0.29, 0.717) is 0 Å². The third kappa shape index (κ3) is 9.95. The number of rotatable bonds is 10. The molecule has 0 spiro atoms. The van der Waals surface area contributed by atoms with Gasteiger partial charge in [-0.05, 0) is 49.8 Å². The number of hydrogen-bond acceptors (Lipinski definition) is 3. The molecule has 1 amide bonds. The van der Waals surface area contributed by atoms with Gasteiger partial charge in [-0.1, -0.05) is 12.1 Å². The first kappa shape index (κ1) is 23.7. The molecular weight excluding hydrogens is 455 g/mol. The van der Waals surface area contributed by atoms with Crippen molar-refractivity contribution in [3.63, 3.8) is 0 Å². The zero-order chi connectivity index (χ0) is 18.8. The minimum absolute atomic E-state index is 0. The van der Waals surface area contributed by atoms with Gasteiger partial charge in [0.25, 0.3) is 0 Å². The third-order valence-corrected chi connectivity index (χ3v) is 4.25. The number of halogens is 1. The number of aliphatic imine (C=N–C) groups is 1. The Morgan fingerprint density at radius 1 is 1.30 bits per heavy atom. The molecule has 1 aliphatic carbocycles. The van der Waals surface area contributed by atoms with E-state index in [9.17, 15) is 4.79 Å². The lowest BCUT2D eigenvalue weighted by Gasteiger charge is -2.22. The number of benzene rings is 1. The largest absolute Gasteiger partial charge is 0.379 e. The highest BCUT2D eigenvalue weighted by Crippen LogP contribution is 2.28. The minimum Gasteiger partial charge on any atom is -0.379 e. The van der Waals surface area contributed by atoms with Gasteiger partial charge in [-0.25, -0.2) is 0 Å². The van der Waals surface area contributed by atoms with E-state index in [1.54, 1.807) is 0 Å². The number of anilines is 1. The summed E-state index contributed by atoms with van der Waals surface area (Å²) in [5.41, 5.74) is 2.03. The number of ether oxygens (including phenoxy) is 1. The van der Waals surface area contributed by atoms with Gasteiger partial charge in [0.1, 0.15) is 0 Å². The van der Waals surface area contributed by atoms with Crippen LogP contribution in [0.1, 0.15) is 32.3 Å². The summed E-state index contributed by atoms with van der Waals surface area (Å²) >= 11 is 0. The van der Waals surface area contributed by atoms with Crippen molar-refractivity contribution in [2.75, 3.05) is 45.2 Å². The fourth-order valence-electron chi connectivity index (χ4n) is 2.56. The number of likely N-dealkylation sites (N-methyl/N-ethyl adjacent to an activating group) is 1. The second kappa shape index (κ2) is 12.9. The van der Waals surface area contributed by atoms with E-state index in [-0.39, 0.29) is 29.9 Å². The summed E-state index contributed by atoms with van der Waals surface area (Å²) in [6, 6.07) is 7.91. The van der Waals surface area contributed by atoms with Crippen LogP contribution >= 0.6 is 24.0 Å². The van der Waals surface area contributed by atoms with E-state index >= 15 is 0 Å². The van der Waals surface area contributed by atoms with Crippen LogP contribution in [0.15, 0.2) is 29.3 Å². The molecular formula is C20H33IN4O2. The van der Waals surface area contributed by atoms with Crippen molar-refractivity contribution >= 4 is 41.5 Å². The first-order valence-electron chi connectivity index (χ1n) is 9.52. The van der Waals surface area contributed by atoms with Crippen LogP contribution in [0.3, 0.4) is 0 Å². The van der Waals surface area contributed by atoms with Gasteiger partial charge >= 0.3 is 0 Å². The molecule has 1 aromatic rings. The predicted molar refractivity (Wildman–Crippen MR) is 122 cm³/mol.